The van der Waals surface area contributed by atoms with Gasteiger partial charge in [-0.05, 0) is 25.2 Å². The zero-order valence-electron chi connectivity index (χ0n) is 9.03. The van der Waals surface area contributed by atoms with Crippen molar-refractivity contribution in [1.29, 1.82) is 0 Å². The van der Waals surface area contributed by atoms with E-state index in [2.05, 4.69) is 10.2 Å². The van der Waals surface area contributed by atoms with Crippen molar-refractivity contribution in [2.75, 3.05) is 14.1 Å². The van der Waals surface area contributed by atoms with E-state index in [1.807, 2.05) is 38.4 Å². The Bertz CT molecular complexity index is 320. The van der Waals surface area contributed by atoms with Gasteiger partial charge in [-0.2, -0.15) is 0 Å². The summed E-state index contributed by atoms with van der Waals surface area (Å²) in [6.45, 7) is 1.25. The zero-order chi connectivity index (χ0) is 11.3. The summed E-state index contributed by atoms with van der Waals surface area (Å²) in [5.74, 6) is 0. The van der Waals surface area contributed by atoms with Gasteiger partial charge in [-0.3, -0.25) is 0 Å². The van der Waals surface area contributed by atoms with Crippen LogP contribution in [0.1, 0.15) is 11.1 Å². The van der Waals surface area contributed by atoms with Gasteiger partial charge >= 0.3 is 6.09 Å². The minimum Gasteiger partial charge on any atom is -0.465 e. The number of hydrogen-bond donors (Lipinski definition) is 2. The van der Waals surface area contributed by atoms with Crippen LogP contribution in [0.15, 0.2) is 24.3 Å². The lowest BCUT2D eigenvalue weighted by molar-refractivity contribution is 0.194. The lowest BCUT2D eigenvalue weighted by Crippen LogP contribution is -2.19. The summed E-state index contributed by atoms with van der Waals surface area (Å²) in [6, 6.07) is 7.90. The minimum absolute atomic E-state index is 0.359. The van der Waals surface area contributed by atoms with E-state index in [0.29, 0.717) is 6.54 Å². The molecule has 0 radical (unpaired) electrons. The number of nitrogens with zero attached hydrogens (tertiary/aromatic N) is 1. The predicted molar refractivity (Wildman–Crippen MR) is 58.7 cm³/mol. The summed E-state index contributed by atoms with van der Waals surface area (Å²) in [4.78, 5) is 12.4. The molecule has 0 spiro atoms. The highest BCUT2D eigenvalue weighted by atomic mass is 16.4. The maximum atomic E-state index is 10.3. The van der Waals surface area contributed by atoms with Crippen LogP contribution < -0.4 is 5.32 Å². The highest BCUT2D eigenvalue weighted by Crippen LogP contribution is 2.05. The van der Waals surface area contributed by atoms with Crippen LogP contribution in [0, 0.1) is 0 Å². The van der Waals surface area contributed by atoms with Gasteiger partial charge in [0.25, 0.3) is 0 Å². The van der Waals surface area contributed by atoms with Crippen molar-refractivity contribution in [1.82, 2.24) is 10.2 Å². The molecular formula is C11H16N2O2. The molecule has 1 aromatic rings. The third-order valence-corrected chi connectivity index (χ3v) is 1.97. The van der Waals surface area contributed by atoms with Gasteiger partial charge in [-0.25, -0.2) is 4.79 Å². The van der Waals surface area contributed by atoms with E-state index in [-0.39, 0.29) is 0 Å². The number of rotatable bonds is 4. The maximum absolute atomic E-state index is 10.3. The molecule has 0 atom stereocenters. The molecule has 0 saturated carbocycles. The summed E-state index contributed by atoms with van der Waals surface area (Å²) in [5.41, 5.74) is 2.19. The monoisotopic (exact) mass is 208 g/mol. The second kappa shape index (κ2) is 5.36. The summed E-state index contributed by atoms with van der Waals surface area (Å²) < 4.78 is 0. The summed E-state index contributed by atoms with van der Waals surface area (Å²) in [7, 11) is 4.03. The smallest absolute Gasteiger partial charge is 0.404 e. The average Bonchev–Trinajstić information content (AvgIpc) is 2.16. The first kappa shape index (κ1) is 11.5. The average molecular weight is 208 g/mol. The number of hydrogen-bond acceptors (Lipinski definition) is 2. The lowest BCUT2D eigenvalue weighted by atomic mass is 10.1. The molecule has 0 heterocycles. The van der Waals surface area contributed by atoms with Crippen LogP contribution >= 0.6 is 0 Å². The Morgan fingerprint density at radius 2 is 1.80 bits per heavy atom. The molecule has 4 nitrogen and oxygen atoms in total. The molecule has 15 heavy (non-hydrogen) atoms. The number of carbonyl (C=O) groups is 1. The minimum atomic E-state index is -0.993. The third-order valence-electron chi connectivity index (χ3n) is 1.97. The number of amides is 1. The molecule has 82 valence electrons. The fraction of sp³-hybridized carbons (Fsp3) is 0.364. The van der Waals surface area contributed by atoms with E-state index in [9.17, 15) is 4.79 Å². The lowest BCUT2D eigenvalue weighted by Gasteiger charge is -2.10. The number of benzene rings is 1. The van der Waals surface area contributed by atoms with Crippen LogP contribution in [0.2, 0.25) is 0 Å². The Balaban J connectivity index is 2.52. The maximum Gasteiger partial charge on any atom is 0.404 e. The van der Waals surface area contributed by atoms with Crippen LogP contribution in [0.3, 0.4) is 0 Å². The third kappa shape index (κ3) is 4.46. The molecule has 0 fully saturated rings. The Morgan fingerprint density at radius 3 is 2.27 bits per heavy atom. The van der Waals surface area contributed by atoms with Gasteiger partial charge in [0, 0.05) is 13.1 Å². The molecule has 0 bridgehead atoms. The molecule has 0 aliphatic carbocycles. The molecule has 1 aromatic carbocycles. The van der Waals surface area contributed by atoms with Crippen molar-refractivity contribution in [3.05, 3.63) is 35.4 Å². The molecule has 0 aliphatic heterocycles. The highest BCUT2D eigenvalue weighted by molar-refractivity contribution is 5.64. The van der Waals surface area contributed by atoms with Crippen molar-refractivity contribution < 1.29 is 9.90 Å². The molecule has 1 amide bonds. The van der Waals surface area contributed by atoms with E-state index >= 15 is 0 Å². The first-order chi connectivity index (χ1) is 7.08. The molecule has 0 aliphatic rings. The predicted octanol–water partition coefficient (Wildman–Crippen LogP) is 1.52. The molecule has 0 aromatic heterocycles. The van der Waals surface area contributed by atoms with E-state index in [1.54, 1.807) is 0 Å². The van der Waals surface area contributed by atoms with E-state index in [4.69, 9.17) is 5.11 Å². The van der Waals surface area contributed by atoms with Crippen molar-refractivity contribution >= 4 is 6.09 Å². The zero-order valence-corrected chi connectivity index (χ0v) is 9.03. The molecule has 2 N–H and O–H groups in total. The Labute approximate surface area is 89.5 Å². The van der Waals surface area contributed by atoms with Crippen LogP contribution in [0.4, 0.5) is 4.79 Å². The Morgan fingerprint density at radius 1 is 1.27 bits per heavy atom. The van der Waals surface area contributed by atoms with E-state index in [1.165, 1.54) is 5.56 Å². The second-order valence-electron chi connectivity index (χ2n) is 3.71. The number of carboxylic acid groups (broad SMARTS) is 1. The summed E-state index contributed by atoms with van der Waals surface area (Å²) >= 11 is 0. The van der Waals surface area contributed by atoms with Gasteiger partial charge in [0.05, 0.1) is 0 Å². The SMILES string of the molecule is CN(C)Cc1ccc(CNC(=O)O)cc1. The van der Waals surface area contributed by atoms with Crippen LogP contribution in [-0.4, -0.2) is 30.2 Å². The van der Waals surface area contributed by atoms with Crippen molar-refractivity contribution in [2.45, 2.75) is 13.1 Å². The van der Waals surface area contributed by atoms with Gasteiger partial charge < -0.3 is 15.3 Å². The van der Waals surface area contributed by atoms with Gasteiger partial charge in [0.15, 0.2) is 0 Å². The normalized spacial score (nSPS) is 10.3. The topological polar surface area (TPSA) is 52.6 Å². The van der Waals surface area contributed by atoms with Crippen molar-refractivity contribution in [3.8, 4) is 0 Å². The largest absolute Gasteiger partial charge is 0.465 e. The summed E-state index contributed by atoms with van der Waals surface area (Å²) in [5, 5.41) is 10.8. The van der Waals surface area contributed by atoms with Crippen molar-refractivity contribution in [2.24, 2.45) is 0 Å². The fourth-order valence-electron chi connectivity index (χ4n) is 1.31. The van der Waals surface area contributed by atoms with Crippen molar-refractivity contribution in [3.63, 3.8) is 0 Å². The first-order valence-corrected chi connectivity index (χ1v) is 4.77. The second-order valence-corrected chi connectivity index (χ2v) is 3.71. The van der Waals surface area contributed by atoms with Gasteiger partial charge in [0.2, 0.25) is 0 Å². The van der Waals surface area contributed by atoms with Crippen LogP contribution in [0.25, 0.3) is 0 Å². The molecule has 0 saturated heterocycles. The van der Waals surface area contributed by atoms with E-state index < -0.39 is 6.09 Å². The first-order valence-electron chi connectivity index (χ1n) is 4.77. The standard InChI is InChI=1S/C11H16N2O2/c1-13(2)8-10-5-3-9(4-6-10)7-12-11(14)15/h3-6,12H,7-8H2,1-2H3,(H,14,15). The van der Waals surface area contributed by atoms with Gasteiger partial charge in [-0.1, -0.05) is 24.3 Å². The van der Waals surface area contributed by atoms with Crippen LogP contribution in [0.5, 0.6) is 0 Å². The molecule has 0 unspecified atom stereocenters. The Kier molecular flexibility index (Phi) is 4.12. The number of nitrogens with one attached hydrogen (secondary N) is 1. The van der Waals surface area contributed by atoms with Crippen LogP contribution in [-0.2, 0) is 13.1 Å². The molecule has 1 rings (SSSR count). The Hall–Kier alpha value is -1.55. The molecular weight excluding hydrogens is 192 g/mol. The molecule has 4 heteroatoms. The summed E-state index contributed by atoms with van der Waals surface area (Å²) in [6.07, 6.45) is -0.993. The fourth-order valence-corrected chi connectivity index (χ4v) is 1.31. The van der Waals surface area contributed by atoms with Gasteiger partial charge in [0.1, 0.15) is 0 Å². The quantitative estimate of drug-likeness (QED) is 0.788. The van der Waals surface area contributed by atoms with E-state index in [0.717, 1.165) is 12.1 Å². The highest BCUT2D eigenvalue weighted by Gasteiger charge is 1.98. The van der Waals surface area contributed by atoms with Gasteiger partial charge in [-0.15, -0.1) is 0 Å².